The van der Waals surface area contributed by atoms with E-state index in [9.17, 15) is 5.11 Å². The second kappa shape index (κ2) is 6.72. The standard InChI is InChI=1S/C14H22BrN5O/c1-10(2)19-9-16-8-12(19)14(21)13-11(15)7-17-20(13)6-5-18(3)4/h7-10,14,21H,5-6H2,1-4H3. The number of halogens is 1. The molecule has 0 saturated carbocycles. The van der Waals surface area contributed by atoms with Gasteiger partial charge in [0.05, 0.1) is 41.1 Å². The first-order valence-corrected chi connectivity index (χ1v) is 7.76. The van der Waals surface area contributed by atoms with E-state index in [4.69, 9.17) is 0 Å². The zero-order valence-electron chi connectivity index (χ0n) is 12.9. The summed E-state index contributed by atoms with van der Waals surface area (Å²) in [6.45, 7) is 5.71. The van der Waals surface area contributed by atoms with Crippen molar-refractivity contribution in [3.8, 4) is 0 Å². The summed E-state index contributed by atoms with van der Waals surface area (Å²) in [4.78, 5) is 6.25. The summed E-state index contributed by atoms with van der Waals surface area (Å²) in [5.74, 6) is 0. The third-order valence-corrected chi connectivity index (χ3v) is 3.99. The van der Waals surface area contributed by atoms with Gasteiger partial charge in [0.25, 0.3) is 0 Å². The second-order valence-corrected chi connectivity index (χ2v) is 6.48. The number of likely N-dealkylation sites (N-methyl/N-ethyl adjacent to an activating group) is 1. The van der Waals surface area contributed by atoms with Crippen LogP contribution in [0.2, 0.25) is 0 Å². The van der Waals surface area contributed by atoms with E-state index in [-0.39, 0.29) is 6.04 Å². The van der Waals surface area contributed by atoms with Crippen molar-refractivity contribution in [2.45, 2.75) is 32.5 Å². The van der Waals surface area contributed by atoms with Crippen molar-refractivity contribution in [3.05, 3.63) is 34.6 Å². The van der Waals surface area contributed by atoms with E-state index in [0.717, 1.165) is 29.0 Å². The van der Waals surface area contributed by atoms with Crippen LogP contribution < -0.4 is 0 Å². The average Bonchev–Trinajstić information content (AvgIpc) is 3.02. The van der Waals surface area contributed by atoms with Crippen LogP contribution in [0.25, 0.3) is 0 Å². The molecule has 0 aromatic carbocycles. The SMILES string of the molecule is CC(C)n1cncc1C(O)c1c(Br)cnn1CCN(C)C. The molecule has 2 aromatic heterocycles. The highest BCUT2D eigenvalue weighted by Crippen LogP contribution is 2.29. The smallest absolute Gasteiger partial charge is 0.138 e. The highest BCUT2D eigenvalue weighted by atomic mass is 79.9. The number of aliphatic hydroxyl groups is 1. The van der Waals surface area contributed by atoms with E-state index in [0.29, 0.717) is 0 Å². The molecule has 21 heavy (non-hydrogen) atoms. The van der Waals surface area contributed by atoms with E-state index in [1.165, 1.54) is 0 Å². The molecule has 0 aliphatic carbocycles. The molecule has 2 aromatic rings. The number of hydrogen-bond donors (Lipinski definition) is 1. The molecule has 2 rings (SSSR count). The fourth-order valence-electron chi connectivity index (χ4n) is 2.21. The average molecular weight is 356 g/mol. The van der Waals surface area contributed by atoms with Crippen molar-refractivity contribution >= 4 is 15.9 Å². The Hall–Kier alpha value is -1.18. The first-order chi connectivity index (χ1) is 9.91. The third kappa shape index (κ3) is 3.53. The molecular formula is C14H22BrN5O. The van der Waals surface area contributed by atoms with Crippen LogP contribution in [0.3, 0.4) is 0 Å². The monoisotopic (exact) mass is 355 g/mol. The Labute approximate surface area is 133 Å². The van der Waals surface area contributed by atoms with Gasteiger partial charge in [-0.1, -0.05) is 0 Å². The zero-order valence-corrected chi connectivity index (χ0v) is 14.4. The number of rotatable bonds is 6. The minimum Gasteiger partial charge on any atom is -0.380 e. The van der Waals surface area contributed by atoms with Gasteiger partial charge in [0.2, 0.25) is 0 Å². The molecule has 0 bridgehead atoms. The van der Waals surface area contributed by atoms with Gasteiger partial charge in [-0.3, -0.25) is 4.68 Å². The third-order valence-electron chi connectivity index (χ3n) is 3.38. The van der Waals surface area contributed by atoms with Crippen molar-refractivity contribution < 1.29 is 5.11 Å². The van der Waals surface area contributed by atoms with Crippen molar-refractivity contribution in [1.29, 1.82) is 0 Å². The van der Waals surface area contributed by atoms with Crippen LogP contribution in [-0.4, -0.2) is 50.0 Å². The Morgan fingerprint density at radius 3 is 2.67 bits per heavy atom. The molecule has 0 aliphatic rings. The highest BCUT2D eigenvalue weighted by Gasteiger charge is 2.23. The lowest BCUT2D eigenvalue weighted by Crippen LogP contribution is -2.22. The maximum Gasteiger partial charge on any atom is 0.138 e. The molecular weight excluding hydrogens is 334 g/mol. The molecule has 0 fully saturated rings. The van der Waals surface area contributed by atoms with Crippen LogP contribution in [0.15, 0.2) is 23.2 Å². The first kappa shape index (κ1) is 16.2. The van der Waals surface area contributed by atoms with Crippen LogP contribution in [0.4, 0.5) is 0 Å². The van der Waals surface area contributed by atoms with E-state index in [1.54, 1.807) is 18.7 Å². The maximum atomic E-state index is 10.8. The van der Waals surface area contributed by atoms with Crippen LogP contribution in [0, 0.1) is 0 Å². The lowest BCUT2D eigenvalue weighted by atomic mass is 10.2. The predicted molar refractivity (Wildman–Crippen MR) is 85.2 cm³/mol. The summed E-state index contributed by atoms with van der Waals surface area (Å²) in [5.41, 5.74) is 1.54. The topological polar surface area (TPSA) is 59.1 Å². The fraction of sp³-hybridized carbons (Fsp3) is 0.571. The number of aromatic nitrogens is 4. The van der Waals surface area contributed by atoms with Gasteiger partial charge in [0, 0.05) is 12.6 Å². The quantitative estimate of drug-likeness (QED) is 0.861. The molecule has 1 atom stereocenters. The van der Waals surface area contributed by atoms with Crippen molar-refractivity contribution in [1.82, 2.24) is 24.2 Å². The Morgan fingerprint density at radius 1 is 1.33 bits per heavy atom. The Bertz CT molecular complexity index is 590. The fourth-order valence-corrected chi connectivity index (χ4v) is 2.73. The van der Waals surface area contributed by atoms with Crippen molar-refractivity contribution in [2.75, 3.05) is 20.6 Å². The van der Waals surface area contributed by atoms with E-state index in [1.807, 2.05) is 23.3 Å². The van der Waals surface area contributed by atoms with Gasteiger partial charge >= 0.3 is 0 Å². The molecule has 0 amide bonds. The molecule has 0 radical (unpaired) electrons. The minimum absolute atomic E-state index is 0.245. The van der Waals surface area contributed by atoms with Gasteiger partial charge in [-0.05, 0) is 43.9 Å². The summed E-state index contributed by atoms with van der Waals surface area (Å²) in [5, 5.41) is 15.1. The Balaban J connectivity index is 2.32. The van der Waals surface area contributed by atoms with E-state index in [2.05, 4.69) is 44.8 Å². The molecule has 0 spiro atoms. The van der Waals surface area contributed by atoms with Gasteiger partial charge in [0.15, 0.2) is 0 Å². The zero-order chi connectivity index (χ0) is 15.6. The predicted octanol–water partition coefficient (Wildman–Crippen LogP) is 2.07. The Kier molecular flexibility index (Phi) is 5.18. The first-order valence-electron chi connectivity index (χ1n) is 6.97. The molecule has 6 nitrogen and oxygen atoms in total. The lowest BCUT2D eigenvalue weighted by Gasteiger charge is -2.19. The summed E-state index contributed by atoms with van der Waals surface area (Å²) < 4.78 is 4.62. The number of nitrogens with zero attached hydrogens (tertiary/aromatic N) is 5. The largest absolute Gasteiger partial charge is 0.380 e. The van der Waals surface area contributed by atoms with Crippen LogP contribution in [0.1, 0.15) is 37.4 Å². The van der Waals surface area contributed by atoms with Gasteiger partial charge in [-0.25, -0.2) is 4.98 Å². The van der Waals surface area contributed by atoms with Crippen LogP contribution in [0.5, 0.6) is 0 Å². The second-order valence-electron chi connectivity index (χ2n) is 5.63. The van der Waals surface area contributed by atoms with Crippen molar-refractivity contribution in [2.24, 2.45) is 0 Å². The number of hydrogen-bond acceptors (Lipinski definition) is 4. The van der Waals surface area contributed by atoms with Gasteiger partial charge in [-0.15, -0.1) is 0 Å². The number of aliphatic hydroxyl groups excluding tert-OH is 1. The van der Waals surface area contributed by atoms with Gasteiger partial charge in [-0.2, -0.15) is 5.10 Å². The molecule has 0 aliphatic heterocycles. The Morgan fingerprint density at radius 2 is 2.05 bits per heavy atom. The highest BCUT2D eigenvalue weighted by molar-refractivity contribution is 9.10. The molecule has 116 valence electrons. The minimum atomic E-state index is -0.756. The van der Waals surface area contributed by atoms with Crippen LogP contribution in [-0.2, 0) is 6.54 Å². The van der Waals surface area contributed by atoms with Gasteiger partial charge < -0.3 is 14.6 Å². The molecule has 7 heteroatoms. The molecule has 2 heterocycles. The summed E-state index contributed by atoms with van der Waals surface area (Å²) in [6, 6.07) is 0.245. The number of imidazole rings is 1. The normalized spacial score (nSPS) is 13.3. The molecule has 1 unspecified atom stereocenters. The van der Waals surface area contributed by atoms with E-state index >= 15 is 0 Å². The van der Waals surface area contributed by atoms with Crippen molar-refractivity contribution in [3.63, 3.8) is 0 Å². The van der Waals surface area contributed by atoms with E-state index < -0.39 is 6.10 Å². The molecule has 0 saturated heterocycles. The lowest BCUT2D eigenvalue weighted by molar-refractivity contribution is 0.193. The maximum absolute atomic E-state index is 10.8. The van der Waals surface area contributed by atoms with Crippen LogP contribution >= 0.6 is 15.9 Å². The summed E-state index contributed by atoms with van der Waals surface area (Å²) in [7, 11) is 4.03. The molecule has 1 N–H and O–H groups in total. The summed E-state index contributed by atoms with van der Waals surface area (Å²) >= 11 is 3.49. The van der Waals surface area contributed by atoms with Gasteiger partial charge in [0.1, 0.15) is 6.10 Å². The summed E-state index contributed by atoms with van der Waals surface area (Å²) in [6.07, 6.45) is 4.43.